The van der Waals surface area contributed by atoms with E-state index in [1.54, 1.807) is 18.2 Å². The van der Waals surface area contributed by atoms with Crippen LogP contribution in [0.4, 0.5) is 4.70 Å². The number of carbonyl (C=O) groups is 1. The Morgan fingerprint density at radius 1 is 0.955 bits per heavy atom. The highest BCUT2D eigenvalue weighted by Crippen LogP contribution is 2.27. The van der Waals surface area contributed by atoms with Crippen LogP contribution in [-0.2, 0) is 4.74 Å². The minimum Gasteiger partial charge on any atom is -0.373 e. The van der Waals surface area contributed by atoms with Crippen molar-refractivity contribution in [3.63, 3.8) is 0 Å². The molecule has 1 aliphatic carbocycles. The smallest absolute Gasteiger partial charge is 0.186 e. The third-order valence-electron chi connectivity index (χ3n) is 3.09. The van der Waals surface area contributed by atoms with E-state index in [1.807, 2.05) is 42.5 Å². The Morgan fingerprint density at radius 2 is 1.59 bits per heavy atom. The first-order valence-corrected chi connectivity index (χ1v) is 6.81. The van der Waals surface area contributed by atoms with Gasteiger partial charge in [0, 0.05) is 10.9 Å². The van der Waals surface area contributed by atoms with E-state index in [-0.39, 0.29) is 10.5 Å². The summed E-state index contributed by atoms with van der Waals surface area (Å²) in [5, 5.41) is 2.22. The fraction of sp³-hybridized carbons (Fsp3) is 0.105. The van der Waals surface area contributed by atoms with Crippen LogP contribution in [0.15, 0.2) is 67.8 Å². The van der Waals surface area contributed by atoms with E-state index in [2.05, 4.69) is 13.2 Å². The van der Waals surface area contributed by atoms with E-state index in [0.717, 1.165) is 21.9 Å². The lowest BCUT2D eigenvalue weighted by atomic mass is 9.92. The van der Waals surface area contributed by atoms with Crippen molar-refractivity contribution in [3.05, 3.63) is 78.9 Å². The Hall–Kier alpha value is -2.52. The topological polar surface area (TPSA) is 26.3 Å². The van der Waals surface area contributed by atoms with Crippen LogP contribution in [0.25, 0.3) is 16.8 Å². The molecule has 3 heteroatoms. The summed E-state index contributed by atoms with van der Waals surface area (Å²) >= 11 is 0. The van der Waals surface area contributed by atoms with Crippen molar-refractivity contribution >= 4 is 22.6 Å². The van der Waals surface area contributed by atoms with Gasteiger partial charge >= 0.3 is 0 Å². The van der Waals surface area contributed by atoms with Gasteiger partial charge in [0.1, 0.15) is 0 Å². The maximum absolute atomic E-state index is 11.6. The molecule has 3 rings (SSSR count). The lowest BCUT2D eigenvalue weighted by Gasteiger charge is -2.10. The molecule has 2 nitrogen and oxygen atoms in total. The number of ether oxygens (including phenoxy) is 1. The molecular weight excluding hydrogens is 279 g/mol. The summed E-state index contributed by atoms with van der Waals surface area (Å²) in [5.41, 5.74) is 1.96. The zero-order valence-corrected chi connectivity index (χ0v) is 12.3. The first-order chi connectivity index (χ1) is 10.3. The lowest BCUT2D eigenvalue weighted by Crippen LogP contribution is -2.00. The molecule has 22 heavy (non-hydrogen) atoms. The van der Waals surface area contributed by atoms with Crippen LogP contribution in [-0.4, -0.2) is 19.0 Å². The molecule has 0 saturated carbocycles. The highest BCUT2D eigenvalue weighted by molar-refractivity contribution is 6.19. The van der Waals surface area contributed by atoms with Crippen LogP contribution in [0.5, 0.6) is 0 Å². The second kappa shape index (κ2) is 8.70. The molecule has 0 N–H and O–H groups in total. The number of rotatable bonds is 4. The molecule has 0 unspecified atom stereocenters. The standard InChI is InChI=1S/C13H8O.C6H10O.FH/c14-12-8-7-10-4-1-3-9-5-2-6-11(12)13(9)10;1-3-5-7-6-4-2;/h1-8H;3-4H,1-2,5-6H2;1H. The van der Waals surface area contributed by atoms with Gasteiger partial charge in [0.25, 0.3) is 0 Å². The lowest BCUT2D eigenvalue weighted by molar-refractivity contribution is 0.104. The van der Waals surface area contributed by atoms with Crippen molar-refractivity contribution in [1.82, 2.24) is 0 Å². The van der Waals surface area contributed by atoms with Crippen LogP contribution in [0, 0.1) is 0 Å². The predicted molar refractivity (Wildman–Crippen MR) is 91.0 cm³/mol. The zero-order chi connectivity index (χ0) is 15.1. The van der Waals surface area contributed by atoms with Gasteiger partial charge in [-0.1, -0.05) is 54.6 Å². The van der Waals surface area contributed by atoms with Gasteiger partial charge in [-0.15, -0.1) is 13.2 Å². The number of hydrogen-bond donors (Lipinski definition) is 0. The van der Waals surface area contributed by atoms with Crippen molar-refractivity contribution in [2.75, 3.05) is 13.2 Å². The predicted octanol–water partition coefficient (Wildman–Crippen LogP) is 4.58. The molecule has 0 radical (unpaired) electrons. The number of ketones is 1. The fourth-order valence-corrected chi connectivity index (χ4v) is 2.20. The van der Waals surface area contributed by atoms with Gasteiger partial charge in [0.05, 0.1) is 13.2 Å². The van der Waals surface area contributed by atoms with E-state index in [4.69, 9.17) is 4.74 Å². The zero-order valence-electron chi connectivity index (χ0n) is 12.3. The Balaban J connectivity index is 0.000000264. The molecule has 0 amide bonds. The van der Waals surface area contributed by atoms with Crippen molar-refractivity contribution < 1.29 is 14.2 Å². The quantitative estimate of drug-likeness (QED) is 0.610. The van der Waals surface area contributed by atoms with Gasteiger partial charge in [0.15, 0.2) is 5.78 Å². The Labute approximate surface area is 129 Å². The molecule has 2 aromatic carbocycles. The third kappa shape index (κ3) is 3.99. The molecule has 0 fully saturated rings. The van der Waals surface area contributed by atoms with Crippen molar-refractivity contribution in [2.24, 2.45) is 0 Å². The van der Waals surface area contributed by atoms with Gasteiger partial charge in [-0.3, -0.25) is 9.50 Å². The molecule has 0 aliphatic heterocycles. The second-order valence-electron chi connectivity index (χ2n) is 4.56. The number of carbonyl (C=O) groups excluding carboxylic acids is 1. The Kier molecular flexibility index (Phi) is 6.93. The normalized spacial score (nSPS) is 11.2. The summed E-state index contributed by atoms with van der Waals surface area (Å²) in [6, 6.07) is 11.9. The highest BCUT2D eigenvalue weighted by Gasteiger charge is 2.13. The van der Waals surface area contributed by atoms with E-state index in [9.17, 15) is 4.79 Å². The van der Waals surface area contributed by atoms with Crippen molar-refractivity contribution in [2.45, 2.75) is 0 Å². The van der Waals surface area contributed by atoms with Crippen LogP contribution < -0.4 is 0 Å². The number of halogens is 1. The number of allylic oxidation sites excluding steroid dienone is 1. The highest BCUT2D eigenvalue weighted by atomic mass is 19.0. The SMILES string of the molecule is C=CCOCC=C.F.O=C1C=Cc2cccc3cccc1c23. The largest absolute Gasteiger partial charge is 0.373 e. The van der Waals surface area contributed by atoms with Gasteiger partial charge in [-0.05, 0) is 17.0 Å². The maximum atomic E-state index is 11.6. The molecule has 0 aromatic heterocycles. The molecule has 1 aliphatic rings. The second-order valence-corrected chi connectivity index (χ2v) is 4.56. The van der Waals surface area contributed by atoms with Crippen LogP contribution in [0.3, 0.4) is 0 Å². The average Bonchev–Trinajstić information content (AvgIpc) is 2.52. The minimum absolute atomic E-state index is 0. The summed E-state index contributed by atoms with van der Waals surface area (Å²) in [4.78, 5) is 11.6. The minimum atomic E-state index is 0. The molecule has 0 bridgehead atoms. The molecule has 114 valence electrons. The molecule has 0 atom stereocenters. The van der Waals surface area contributed by atoms with Crippen LogP contribution >= 0.6 is 0 Å². The van der Waals surface area contributed by atoms with Crippen molar-refractivity contribution in [1.29, 1.82) is 0 Å². The molecule has 0 saturated heterocycles. The summed E-state index contributed by atoms with van der Waals surface area (Å²) in [5.74, 6) is 0.106. The first-order valence-electron chi connectivity index (χ1n) is 6.81. The van der Waals surface area contributed by atoms with Gasteiger partial charge in [0.2, 0.25) is 0 Å². The molecule has 0 heterocycles. The van der Waals surface area contributed by atoms with E-state index in [0.29, 0.717) is 13.2 Å². The third-order valence-corrected chi connectivity index (χ3v) is 3.09. The van der Waals surface area contributed by atoms with Crippen molar-refractivity contribution in [3.8, 4) is 0 Å². The first kappa shape index (κ1) is 17.5. The van der Waals surface area contributed by atoms with Gasteiger partial charge < -0.3 is 4.74 Å². The monoisotopic (exact) mass is 298 g/mol. The number of benzene rings is 2. The van der Waals surface area contributed by atoms with E-state index in [1.165, 1.54) is 0 Å². The van der Waals surface area contributed by atoms with Gasteiger partial charge in [-0.25, -0.2) is 0 Å². The summed E-state index contributed by atoms with van der Waals surface area (Å²) in [6.07, 6.45) is 6.95. The van der Waals surface area contributed by atoms with Crippen LogP contribution in [0.2, 0.25) is 0 Å². The molecular formula is C19H19FO2. The maximum Gasteiger partial charge on any atom is 0.186 e. The average molecular weight is 298 g/mol. The van der Waals surface area contributed by atoms with E-state index < -0.39 is 0 Å². The Morgan fingerprint density at radius 3 is 2.23 bits per heavy atom. The molecule has 0 spiro atoms. The van der Waals surface area contributed by atoms with Crippen LogP contribution in [0.1, 0.15) is 15.9 Å². The fourth-order valence-electron chi connectivity index (χ4n) is 2.20. The summed E-state index contributed by atoms with van der Waals surface area (Å²) < 4.78 is 4.90. The Bertz CT molecular complexity index is 688. The van der Waals surface area contributed by atoms with Gasteiger partial charge in [-0.2, -0.15) is 0 Å². The van der Waals surface area contributed by atoms with E-state index >= 15 is 0 Å². The summed E-state index contributed by atoms with van der Waals surface area (Å²) in [6.45, 7) is 8.18. The number of hydrogen-bond acceptors (Lipinski definition) is 2. The summed E-state index contributed by atoms with van der Waals surface area (Å²) in [7, 11) is 0. The molecule has 2 aromatic rings.